The highest BCUT2D eigenvalue weighted by molar-refractivity contribution is 5.92. The van der Waals surface area contributed by atoms with Gasteiger partial charge in [-0.1, -0.05) is 11.8 Å². The van der Waals surface area contributed by atoms with Gasteiger partial charge < -0.3 is 18.9 Å². The normalized spacial score (nSPS) is 9.72. The van der Waals surface area contributed by atoms with Crippen LogP contribution in [0.4, 0.5) is 0 Å². The number of esters is 1. The second-order valence-corrected chi connectivity index (χ2v) is 4.96. The van der Waals surface area contributed by atoms with Gasteiger partial charge in [0.2, 0.25) is 0 Å². The fourth-order valence-electron chi connectivity index (χ4n) is 2.07. The summed E-state index contributed by atoms with van der Waals surface area (Å²) >= 11 is 0. The van der Waals surface area contributed by atoms with Gasteiger partial charge in [0, 0.05) is 18.2 Å². The van der Waals surface area contributed by atoms with Gasteiger partial charge in [-0.05, 0) is 49.4 Å². The molecular formula is C20H20O5. The van der Waals surface area contributed by atoms with Crippen LogP contribution in [0.3, 0.4) is 0 Å². The molecule has 0 aromatic heterocycles. The molecule has 2 aromatic carbocycles. The van der Waals surface area contributed by atoms with Crippen LogP contribution < -0.4 is 9.47 Å². The molecular weight excluding hydrogens is 320 g/mol. The zero-order valence-electron chi connectivity index (χ0n) is 14.5. The highest BCUT2D eigenvalue weighted by atomic mass is 16.7. The van der Waals surface area contributed by atoms with E-state index in [9.17, 15) is 4.79 Å². The van der Waals surface area contributed by atoms with Crippen molar-refractivity contribution in [3.05, 3.63) is 59.2 Å². The summed E-state index contributed by atoms with van der Waals surface area (Å²) < 4.78 is 20.5. The van der Waals surface area contributed by atoms with Crippen molar-refractivity contribution in [3.63, 3.8) is 0 Å². The topological polar surface area (TPSA) is 54.0 Å². The van der Waals surface area contributed by atoms with Gasteiger partial charge in [-0.3, -0.25) is 0 Å². The molecule has 25 heavy (non-hydrogen) atoms. The molecule has 0 unspecified atom stereocenters. The first-order valence-electron chi connectivity index (χ1n) is 7.77. The third-order valence-electron chi connectivity index (χ3n) is 3.24. The second kappa shape index (κ2) is 9.36. The van der Waals surface area contributed by atoms with Crippen molar-refractivity contribution in [2.45, 2.75) is 6.92 Å². The summed E-state index contributed by atoms with van der Waals surface area (Å²) in [5, 5.41) is 0. The van der Waals surface area contributed by atoms with Gasteiger partial charge in [0.1, 0.15) is 17.1 Å². The Morgan fingerprint density at radius 1 is 0.960 bits per heavy atom. The van der Waals surface area contributed by atoms with Gasteiger partial charge in [0.25, 0.3) is 0 Å². The lowest BCUT2D eigenvalue weighted by Gasteiger charge is -2.09. The van der Waals surface area contributed by atoms with Crippen molar-refractivity contribution in [3.8, 4) is 23.3 Å². The third kappa shape index (κ3) is 5.27. The quantitative estimate of drug-likeness (QED) is 0.459. The van der Waals surface area contributed by atoms with E-state index in [0.29, 0.717) is 23.5 Å². The number of benzene rings is 2. The van der Waals surface area contributed by atoms with E-state index in [0.717, 1.165) is 11.3 Å². The molecule has 5 nitrogen and oxygen atoms in total. The number of hydrogen-bond donors (Lipinski definition) is 0. The Bertz CT molecular complexity index is 769. The number of carbonyl (C=O) groups excluding carboxylic acids is 1. The fourth-order valence-corrected chi connectivity index (χ4v) is 2.07. The Morgan fingerprint density at radius 3 is 2.28 bits per heavy atom. The maximum absolute atomic E-state index is 11.8. The summed E-state index contributed by atoms with van der Waals surface area (Å²) in [7, 11) is 2.83. The molecule has 0 fully saturated rings. The van der Waals surface area contributed by atoms with E-state index in [1.165, 1.54) is 14.2 Å². The summed E-state index contributed by atoms with van der Waals surface area (Å²) in [4.78, 5) is 11.8. The molecule has 0 amide bonds. The van der Waals surface area contributed by atoms with Crippen molar-refractivity contribution < 1.29 is 23.7 Å². The predicted molar refractivity (Wildman–Crippen MR) is 93.9 cm³/mol. The molecule has 0 radical (unpaired) electrons. The maximum atomic E-state index is 11.8. The minimum absolute atomic E-state index is 0.0275. The molecule has 130 valence electrons. The lowest BCUT2D eigenvalue weighted by atomic mass is 10.1. The number of methoxy groups -OCH3 is 2. The molecule has 0 aliphatic rings. The molecule has 0 saturated heterocycles. The minimum atomic E-state index is -0.475. The van der Waals surface area contributed by atoms with Crippen molar-refractivity contribution in [1.29, 1.82) is 0 Å². The lowest BCUT2D eigenvalue weighted by molar-refractivity contribution is 0.0465. The van der Waals surface area contributed by atoms with Crippen LogP contribution in [0.25, 0.3) is 0 Å². The summed E-state index contributed by atoms with van der Waals surface area (Å²) in [6.45, 7) is 2.59. The highest BCUT2D eigenvalue weighted by Crippen LogP contribution is 2.21. The summed E-state index contributed by atoms with van der Waals surface area (Å²) in [6, 6.07) is 12.6. The standard InChI is InChI=1S/C20H20O5/c1-4-24-17-10-7-15(8-11-17)5-6-16-9-12-18(20(21)23-3)19(13-16)25-14-22-2/h7-13H,4,14H2,1-3H3. The van der Waals surface area contributed by atoms with Gasteiger partial charge in [-0.15, -0.1) is 0 Å². The fraction of sp³-hybridized carbons (Fsp3) is 0.250. The van der Waals surface area contributed by atoms with Crippen molar-refractivity contribution in [2.24, 2.45) is 0 Å². The first-order chi connectivity index (χ1) is 12.2. The van der Waals surface area contributed by atoms with Crippen molar-refractivity contribution >= 4 is 5.97 Å². The highest BCUT2D eigenvalue weighted by Gasteiger charge is 2.13. The van der Waals surface area contributed by atoms with E-state index in [1.54, 1.807) is 18.2 Å². The summed E-state index contributed by atoms with van der Waals surface area (Å²) in [5.41, 5.74) is 1.90. The Hall–Kier alpha value is -2.97. The van der Waals surface area contributed by atoms with Crippen molar-refractivity contribution in [1.82, 2.24) is 0 Å². The van der Waals surface area contributed by atoms with E-state index in [4.69, 9.17) is 18.9 Å². The van der Waals surface area contributed by atoms with Gasteiger partial charge in [0.15, 0.2) is 6.79 Å². The number of hydrogen-bond acceptors (Lipinski definition) is 5. The van der Waals surface area contributed by atoms with Crippen LogP contribution in [0, 0.1) is 11.8 Å². The van der Waals surface area contributed by atoms with Gasteiger partial charge in [-0.2, -0.15) is 0 Å². The van der Waals surface area contributed by atoms with Crippen LogP contribution in [-0.2, 0) is 9.47 Å². The number of carbonyl (C=O) groups is 1. The molecule has 0 aliphatic heterocycles. The molecule has 0 bridgehead atoms. The zero-order chi connectivity index (χ0) is 18.1. The Balaban J connectivity index is 2.23. The Labute approximate surface area is 147 Å². The molecule has 0 spiro atoms. The van der Waals surface area contributed by atoms with Crippen LogP contribution in [0.5, 0.6) is 11.5 Å². The second-order valence-electron chi connectivity index (χ2n) is 4.96. The van der Waals surface area contributed by atoms with Crippen LogP contribution >= 0.6 is 0 Å². The van der Waals surface area contributed by atoms with Gasteiger partial charge >= 0.3 is 5.97 Å². The van der Waals surface area contributed by atoms with Crippen LogP contribution in [0.2, 0.25) is 0 Å². The number of rotatable bonds is 6. The van der Waals surface area contributed by atoms with Gasteiger partial charge in [0.05, 0.1) is 13.7 Å². The van der Waals surface area contributed by atoms with E-state index < -0.39 is 5.97 Å². The summed E-state index contributed by atoms with van der Waals surface area (Å²) in [6.07, 6.45) is 0. The number of ether oxygens (including phenoxy) is 4. The Morgan fingerprint density at radius 2 is 1.64 bits per heavy atom. The zero-order valence-corrected chi connectivity index (χ0v) is 14.5. The first-order valence-corrected chi connectivity index (χ1v) is 7.77. The largest absolute Gasteiger partial charge is 0.494 e. The molecule has 0 heterocycles. The first kappa shape index (κ1) is 18.4. The monoisotopic (exact) mass is 340 g/mol. The van der Waals surface area contributed by atoms with Crippen molar-refractivity contribution in [2.75, 3.05) is 27.6 Å². The molecule has 0 saturated carbocycles. The average molecular weight is 340 g/mol. The summed E-state index contributed by atoms with van der Waals surface area (Å²) in [5.74, 6) is 6.82. The molecule has 2 rings (SSSR count). The predicted octanol–water partition coefficient (Wildman–Crippen LogP) is 3.25. The maximum Gasteiger partial charge on any atom is 0.341 e. The molecule has 2 aromatic rings. The van der Waals surface area contributed by atoms with E-state index >= 15 is 0 Å². The molecule has 5 heteroatoms. The smallest absolute Gasteiger partial charge is 0.341 e. The van der Waals surface area contributed by atoms with Crippen LogP contribution in [0.1, 0.15) is 28.4 Å². The van der Waals surface area contributed by atoms with E-state index in [-0.39, 0.29) is 6.79 Å². The van der Waals surface area contributed by atoms with Gasteiger partial charge in [-0.25, -0.2) is 4.79 Å². The Kier molecular flexibility index (Phi) is 6.87. The lowest BCUT2D eigenvalue weighted by Crippen LogP contribution is -2.07. The molecule has 0 N–H and O–H groups in total. The van der Waals surface area contributed by atoms with E-state index in [2.05, 4.69) is 11.8 Å². The molecule has 0 aliphatic carbocycles. The minimum Gasteiger partial charge on any atom is -0.494 e. The SMILES string of the molecule is CCOc1ccc(C#Cc2ccc(C(=O)OC)c(OCOC)c2)cc1. The van der Waals surface area contributed by atoms with Crippen LogP contribution in [-0.4, -0.2) is 33.6 Å². The third-order valence-corrected chi connectivity index (χ3v) is 3.24. The molecule has 0 atom stereocenters. The van der Waals surface area contributed by atoms with E-state index in [1.807, 2.05) is 31.2 Å². The average Bonchev–Trinajstić information content (AvgIpc) is 2.65. The van der Waals surface area contributed by atoms with Crippen LogP contribution in [0.15, 0.2) is 42.5 Å².